The van der Waals surface area contributed by atoms with Crippen LogP contribution in [0.3, 0.4) is 0 Å². The molecule has 0 radical (unpaired) electrons. The summed E-state index contributed by atoms with van der Waals surface area (Å²) in [5.74, 6) is -0.255. The normalized spacial score (nSPS) is 19.2. The van der Waals surface area contributed by atoms with Gasteiger partial charge < -0.3 is 20.4 Å². The standard InChI is InChI=1S/C21H28N4O2S/c1-16-5-3-7-19(17(16)2)23-20(26)13-22-21(27)15-25-10-8-24(9-11-25)14-18-6-4-12-28-18/h3-7,12H,8-11,13-15H2,1-2H3,(H,22,27)(H,23,26)/p+2. The monoisotopic (exact) mass is 402 g/mol. The molecule has 6 nitrogen and oxygen atoms in total. The number of piperazine rings is 1. The van der Waals surface area contributed by atoms with Crippen molar-refractivity contribution in [1.29, 1.82) is 0 Å². The molecular formula is C21H30N4O2S+2. The number of carbonyl (C=O) groups excluding carboxylic acids is 2. The zero-order chi connectivity index (χ0) is 19.9. The number of hydrogen-bond donors (Lipinski definition) is 4. The Morgan fingerprint density at radius 3 is 2.46 bits per heavy atom. The predicted octanol–water partition coefficient (Wildman–Crippen LogP) is -0.597. The van der Waals surface area contributed by atoms with Crippen molar-refractivity contribution in [3.63, 3.8) is 0 Å². The summed E-state index contributed by atoms with van der Waals surface area (Å²) in [5, 5.41) is 7.75. The number of anilines is 1. The Hall–Kier alpha value is -2.22. The SMILES string of the molecule is Cc1cccc(NC(=O)CNC(=O)C[NH+]2CC[NH+](Cc3cccs3)CC2)c1C. The van der Waals surface area contributed by atoms with Crippen molar-refractivity contribution in [3.05, 3.63) is 51.7 Å². The molecule has 1 aliphatic rings. The van der Waals surface area contributed by atoms with Gasteiger partial charge in [0.25, 0.3) is 5.91 Å². The van der Waals surface area contributed by atoms with Crippen molar-refractivity contribution in [2.24, 2.45) is 0 Å². The van der Waals surface area contributed by atoms with Gasteiger partial charge in [-0.2, -0.15) is 0 Å². The summed E-state index contributed by atoms with van der Waals surface area (Å²) in [4.78, 5) is 28.6. The lowest BCUT2D eigenvalue weighted by Crippen LogP contribution is -3.28. The Bertz CT molecular complexity index is 799. The zero-order valence-electron chi connectivity index (χ0n) is 16.6. The molecule has 1 aliphatic heterocycles. The topological polar surface area (TPSA) is 67.1 Å². The van der Waals surface area contributed by atoms with E-state index < -0.39 is 0 Å². The van der Waals surface area contributed by atoms with Crippen LogP contribution >= 0.6 is 11.3 Å². The minimum atomic E-state index is -0.192. The van der Waals surface area contributed by atoms with E-state index in [1.807, 2.05) is 43.4 Å². The number of amides is 2. The second kappa shape index (κ2) is 9.82. The van der Waals surface area contributed by atoms with Gasteiger partial charge in [0.05, 0.1) is 11.4 Å². The molecule has 1 aromatic carbocycles. The maximum absolute atomic E-state index is 12.2. The largest absolute Gasteiger partial charge is 0.342 e. The molecule has 2 amide bonds. The fourth-order valence-corrected chi connectivity index (χ4v) is 4.30. The first-order chi connectivity index (χ1) is 13.5. The Kier molecular flexibility index (Phi) is 7.19. The van der Waals surface area contributed by atoms with E-state index in [0.29, 0.717) is 6.54 Å². The molecule has 1 aromatic heterocycles. The van der Waals surface area contributed by atoms with Crippen molar-refractivity contribution in [2.45, 2.75) is 20.4 Å². The van der Waals surface area contributed by atoms with Crippen molar-refractivity contribution < 1.29 is 19.4 Å². The third kappa shape index (κ3) is 5.89. The van der Waals surface area contributed by atoms with E-state index in [-0.39, 0.29) is 18.4 Å². The maximum Gasteiger partial charge on any atom is 0.275 e. The molecule has 0 spiro atoms. The zero-order valence-corrected chi connectivity index (χ0v) is 17.5. The summed E-state index contributed by atoms with van der Waals surface area (Å²) in [6.07, 6.45) is 0. The third-order valence-corrected chi connectivity index (χ3v) is 6.28. The first kappa shape index (κ1) is 20.5. The second-order valence-electron chi connectivity index (χ2n) is 7.51. The van der Waals surface area contributed by atoms with Gasteiger partial charge >= 0.3 is 0 Å². The molecule has 7 heteroatoms. The average Bonchev–Trinajstić information content (AvgIpc) is 3.18. The quantitative estimate of drug-likeness (QED) is 0.500. The van der Waals surface area contributed by atoms with Crippen LogP contribution in [0.25, 0.3) is 0 Å². The molecule has 150 valence electrons. The minimum absolute atomic E-state index is 0.00917. The molecule has 3 rings (SSSR count). The smallest absolute Gasteiger partial charge is 0.275 e. The lowest BCUT2D eigenvalue weighted by atomic mass is 10.1. The molecule has 2 aromatic rings. The molecule has 2 heterocycles. The highest BCUT2D eigenvalue weighted by molar-refractivity contribution is 7.09. The van der Waals surface area contributed by atoms with Crippen LogP contribution in [-0.2, 0) is 16.1 Å². The summed E-state index contributed by atoms with van der Waals surface area (Å²) in [6, 6.07) is 10.1. The highest BCUT2D eigenvalue weighted by Crippen LogP contribution is 2.17. The van der Waals surface area contributed by atoms with Gasteiger partial charge in [-0.25, -0.2) is 0 Å². The molecule has 4 N–H and O–H groups in total. The Labute approximate surface area is 170 Å². The fourth-order valence-electron chi connectivity index (χ4n) is 3.52. The van der Waals surface area contributed by atoms with E-state index >= 15 is 0 Å². The molecule has 1 fully saturated rings. The molecule has 0 atom stereocenters. The third-order valence-electron chi connectivity index (χ3n) is 5.40. The predicted molar refractivity (Wildman–Crippen MR) is 112 cm³/mol. The highest BCUT2D eigenvalue weighted by Gasteiger charge is 2.25. The highest BCUT2D eigenvalue weighted by atomic mass is 32.1. The molecule has 0 unspecified atom stereocenters. The summed E-state index contributed by atoms with van der Waals surface area (Å²) in [6.45, 7) is 9.64. The van der Waals surface area contributed by atoms with Gasteiger partial charge in [-0.15, -0.1) is 11.3 Å². The number of aryl methyl sites for hydroxylation is 1. The summed E-state index contributed by atoms with van der Waals surface area (Å²) in [5.41, 5.74) is 2.98. The Balaban J connectivity index is 1.35. The van der Waals surface area contributed by atoms with E-state index in [2.05, 4.69) is 28.1 Å². The van der Waals surface area contributed by atoms with Crippen LogP contribution in [0.5, 0.6) is 0 Å². The Morgan fingerprint density at radius 1 is 1.00 bits per heavy atom. The van der Waals surface area contributed by atoms with Gasteiger partial charge in [0.1, 0.15) is 32.7 Å². The molecule has 28 heavy (non-hydrogen) atoms. The van der Waals surface area contributed by atoms with Gasteiger partial charge in [-0.05, 0) is 42.5 Å². The van der Waals surface area contributed by atoms with Gasteiger partial charge in [0, 0.05) is 5.69 Å². The molecule has 0 bridgehead atoms. The maximum atomic E-state index is 12.2. The van der Waals surface area contributed by atoms with Gasteiger partial charge in [0.2, 0.25) is 5.91 Å². The first-order valence-corrected chi connectivity index (χ1v) is 10.7. The first-order valence-electron chi connectivity index (χ1n) is 9.83. The molecule has 0 saturated carbocycles. The van der Waals surface area contributed by atoms with Gasteiger partial charge in [0.15, 0.2) is 6.54 Å². The van der Waals surface area contributed by atoms with Crippen molar-refractivity contribution in [1.82, 2.24) is 5.32 Å². The number of benzene rings is 1. The van der Waals surface area contributed by atoms with E-state index in [4.69, 9.17) is 0 Å². The fraction of sp³-hybridized carbons (Fsp3) is 0.429. The van der Waals surface area contributed by atoms with E-state index in [0.717, 1.165) is 49.5 Å². The molecular weight excluding hydrogens is 372 g/mol. The summed E-state index contributed by atoms with van der Waals surface area (Å²) in [7, 11) is 0. The lowest BCUT2D eigenvalue weighted by Gasteiger charge is -2.29. The minimum Gasteiger partial charge on any atom is -0.342 e. The second-order valence-corrected chi connectivity index (χ2v) is 8.54. The van der Waals surface area contributed by atoms with E-state index in [1.54, 1.807) is 4.90 Å². The van der Waals surface area contributed by atoms with Gasteiger partial charge in [-0.3, -0.25) is 9.59 Å². The Morgan fingerprint density at radius 2 is 1.75 bits per heavy atom. The number of rotatable bonds is 7. The molecule has 0 aliphatic carbocycles. The van der Waals surface area contributed by atoms with Crippen LogP contribution < -0.4 is 20.4 Å². The number of nitrogens with one attached hydrogen (secondary N) is 4. The summed E-state index contributed by atoms with van der Waals surface area (Å²) >= 11 is 1.81. The van der Waals surface area contributed by atoms with Crippen LogP contribution in [0.2, 0.25) is 0 Å². The van der Waals surface area contributed by atoms with Crippen molar-refractivity contribution in [2.75, 3.05) is 44.6 Å². The van der Waals surface area contributed by atoms with Crippen LogP contribution in [-0.4, -0.2) is 51.1 Å². The number of thiophene rings is 1. The average molecular weight is 403 g/mol. The number of quaternary nitrogens is 2. The van der Waals surface area contributed by atoms with Crippen molar-refractivity contribution >= 4 is 28.8 Å². The van der Waals surface area contributed by atoms with Crippen LogP contribution in [0.15, 0.2) is 35.7 Å². The van der Waals surface area contributed by atoms with E-state index in [1.165, 1.54) is 9.78 Å². The lowest BCUT2D eigenvalue weighted by molar-refractivity contribution is -1.01. The van der Waals surface area contributed by atoms with E-state index in [9.17, 15) is 9.59 Å². The van der Waals surface area contributed by atoms with Crippen LogP contribution in [0.1, 0.15) is 16.0 Å². The summed E-state index contributed by atoms with van der Waals surface area (Å²) < 4.78 is 0. The van der Waals surface area contributed by atoms with Gasteiger partial charge in [-0.1, -0.05) is 18.2 Å². The van der Waals surface area contributed by atoms with Crippen LogP contribution in [0, 0.1) is 13.8 Å². The van der Waals surface area contributed by atoms with Crippen molar-refractivity contribution in [3.8, 4) is 0 Å². The number of carbonyl (C=O) groups is 2. The van der Waals surface area contributed by atoms with Crippen LogP contribution in [0.4, 0.5) is 5.69 Å². The number of hydrogen-bond acceptors (Lipinski definition) is 3. The molecule has 1 saturated heterocycles.